The van der Waals surface area contributed by atoms with Crippen LogP contribution >= 0.6 is 0 Å². The number of hydrogen-bond donors (Lipinski definition) is 3. The normalized spacial score (nSPS) is 12.5. The molecular formula is C17H23N3O2. The number of nitrogens with zero attached hydrogens (tertiary/aromatic N) is 1. The zero-order valence-corrected chi connectivity index (χ0v) is 13.0. The first kappa shape index (κ1) is 16.2. The van der Waals surface area contributed by atoms with Gasteiger partial charge in [-0.25, -0.2) is 0 Å². The van der Waals surface area contributed by atoms with Crippen molar-refractivity contribution in [3.8, 4) is 11.3 Å². The predicted molar refractivity (Wildman–Crippen MR) is 86.3 cm³/mol. The Hall–Kier alpha value is -2.14. The van der Waals surface area contributed by atoms with Gasteiger partial charge in [0.1, 0.15) is 0 Å². The molecule has 0 bridgehead atoms. The third-order valence-electron chi connectivity index (χ3n) is 3.59. The van der Waals surface area contributed by atoms with Gasteiger partial charge in [-0.2, -0.15) is 5.10 Å². The summed E-state index contributed by atoms with van der Waals surface area (Å²) in [5, 5.41) is 19.6. The Morgan fingerprint density at radius 1 is 1.32 bits per heavy atom. The molecule has 0 aliphatic rings. The van der Waals surface area contributed by atoms with Crippen LogP contribution in [0.5, 0.6) is 0 Å². The van der Waals surface area contributed by atoms with E-state index in [1.165, 1.54) is 0 Å². The highest BCUT2D eigenvalue weighted by Crippen LogP contribution is 2.20. The molecular weight excluding hydrogens is 278 g/mol. The van der Waals surface area contributed by atoms with E-state index < -0.39 is 5.97 Å². The van der Waals surface area contributed by atoms with Crippen LogP contribution in [0.2, 0.25) is 0 Å². The number of rotatable bonds is 8. The lowest BCUT2D eigenvalue weighted by Crippen LogP contribution is -2.29. The Labute approximate surface area is 130 Å². The predicted octanol–water partition coefficient (Wildman–Crippen LogP) is 2.91. The maximum absolute atomic E-state index is 11.3. The van der Waals surface area contributed by atoms with Crippen molar-refractivity contribution in [2.24, 2.45) is 11.8 Å². The summed E-state index contributed by atoms with van der Waals surface area (Å²) in [7, 11) is 0. The number of carboxylic acids is 1. The fraction of sp³-hybridized carbons (Fsp3) is 0.412. The lowest BCUT2D eigenvalue weighted by Gasteiger charge is -2.15. The molecule has 1 atom stereocenters. The van der Waals surface area contributed by atoms with Crippen LogP contribution in [0.4, 0.5) is 0 Å². The number of benzene rings is 1. The van der Waals surface area contributed by atoms with Gasteiger partial charge in [-0.3, -0.25) is 9.89 Å². The molecule has 0 amide bonds. The van der Waals surface area contributed by atoms with Gasteiger partial charge in [0, 0.05) is 18.7 Å². The number of aliphatic carboxylic acids is 1. The van der Waals surface area contributed by atoms with Gasteiger partial charge >= 0.3 is 5.97 Å². The third kappa shape index (κ3) is 4.43. The van der Waals surface area contributed by atoms with Gasteiger partial charge in [-0.15, -0.1) is 0 Å². The topological polar surface area (TPSA) is 78.0 Å². The minimum atomic E-state index is -0.739. The van der Waals surface area contributed by atoms with E-state index >= 15 is 0 Å². The van der Waals surface area contributed by atoms with Crippen molar-refractivity contribution < 1.29 is 9.90 Å². The summed E-state index contributed by atoms with van der Waals surface area (Å²) in [4.78, 5) is 11.3. The molecule has 0 fully saturated rings. The molecule has 0 spiro atoms. The summed E-state index contributed by atoms with van der Waals surface area (Å²) in [6, 6.07) is 9.99. The first-order chi connectivity index (χ1) is 10.6. The van der Waals surface area contributed by atoms with E-state index in [1.54, 1.807) is 6.20 Å². The van der Waals surface area contributed by atoms with Crippen LogP contribution in [-0.2, 0) is 11.3 Å². The summed E-state index contributed by atoms with van der Waals surface area (Å²) >= 11 is 0. The largest absolute Gasteiger partial charge is 0.481 e. The number of nitrogens with one attached hydrogen (secondary N) is 2. The Morgan fingerprint density at radius 2 is 2.05 bits per heavy atom. The number of carbonyl (C=O) groups is 1. The highest BCUT2D eigenvalue weighted by Gasteiger charge is 2.18. The quantitative estimate of drug-likeness (QED) is 0.700. The number of aromatic amines is 1. The maximum Gasteiger partial charge on any atom is 0.307 e. The van der Waals surface area contributed by atoms with Crippen LogP contribution in [0.3, 0.4) is 0 Å². The van der Waals surface area contributed by atoms with E-state index in [2.05, 4.69) is 15.5 Å². The van der Waals surface area contributed by atoms with Gasteiger partial charge < -0.3 is 10.4 Å². The Bertz CT molecular complexity index is 593. The molecule has 5 heteroatoms. The first-order valence-electron chi connectivity index (χ1n) is 7.59. The number of aromatic nitrogens is 2. The number of H-pyrrole nitrogens is 1. The Kier molecular flexibility index (Phi) is 5.72. The molecule has 0 aliphatic carbocycles. The van der Waals surface area contributed by atoms with Crippen molar-refractivity contribution in [2.45, 2.75) is 26.8 Å². The summed E-state index contributed by atoms with van der Waals surface area (Å²) in [6.07, 6.45) is 2.47. The molecule has 0 saturated carbocycles. The summed E-state index contributed by atoms with van der Waals surface area (Å²) in [5.74, 6) is -0.722. The zero-order valence-electron chi connectivity index (χ0n) is 13.0. The fourth-order valence-electron chi connectivity index (χ4n) is 2.52. The van der Waals surface area contributed by atoms with Gasteiger partial charge in [-0.05, 0) is 17.9 Å². The van der Waals surface area contributed by atoms with Crippen LogP contribution in [-0.4, -0.2) is 27.8 Å². The molecule has 1 heterocycles. The molecule has 5 nitrogen and oxygen atoms in total. The smallest absolute Gasteiger partial charge is 0.307 e. The van der Waals surface area contributed by atoms with Crippen LogP contribution in [0.1, 0.15) is 25.8 Å². The standard InChI is InChI=1S/C17H23N3O2/c1-12(2)8-14(17(21)22)9-18-10-15-11-19-20-16(15)13-6-4-3-5-7-13/h3-7,11-12,14,18H,8-10H2,1-2H3,(H,19,20)(H,21,22). The van der Waals surface area contributed by atoms with Gasteiger partial charge in [0.2, 0.25) is 0 Å². The molecule has 1 aromatic heterocycles. The van der Waals surface area contributed by atoms with Crippen molar-refractivity contribution in [2.75, 3.05) is 6.54 Å². The Balaban J connectivity index is 1.95. The number of carboxylic acid groups (broad SMARTS) is 1. The molecule has 0 radical (unpaired) electrons. The summed E-state index contributed by atoms with van der Waals surface area (Å²) in [5.41, 5.74) is 3.09. The van der Waals surface area contributed by atoms with E-state index in [4.69, 9.17) is 0 Å². The van der Waals surface area contributed by atoms with Crippen LogP contribution in [0.15, 0.2) is 36.5 Å². The first-order valence-corrected chi connectivity index (χ1v) is 7.59. The highest BCUT2D eigenvalue weighted by molar-refractivity contribution is 5.70. The molecule has 1 aromatic carbocycles. The van der Waals surface area contributed by atoms with E-state index in [0.29, 0.717) is 25.4 Å². The van der Waals surface area contributed by atoms with Crippen molar-refractivity contribution in [1.82, 2.24) is 15.5 Å². The van der Waals surface area contributed by atoms with Crippen molar-refractivity contribution in [3.05, 3.63) is 42.1 Å². The second-order valence-electron chi connectivity index (χ2n) is 5.93. The highest BCUT2D eigenvalue weighted by atomic mass is 16.4. The van der Waals surface area contributed by atoms with Gasteiger partial charge in [0.15, 0.2) is 0 Å². The summed E-state index contributed by atoms with van der Waals surface area (Å²) < 4.78 is 0. The van der Waals surface area contributed by atoms with E-state index in [0.717, 1.165) is 16.8 Å². The maximum atomic E-state index is 11.3. The summed E-state index contributed by atoms with van der Waals surface area (Å²) in [6.45, 7) is 5.15. The van der Waals surface area contributed by atoms with Gasteiger partial charge in [0.25, 0.3) is 0 Å². The monoisotopic (exact) mass is 301 g/mol. The van der Waals surface area contributed by atoms with E-state index in [-0.39, 0.29) is 5.92 Å². The Morgan fingerprint density at radius 3 is 2.68 bits per heavy atom. The van der Waals surface area contributed by atoms with Gasteiger partial charge in [0.05, 0.1) is 17.8 Å². The van der Waals surface area contributed by atoms with Crippen LogP contribution in [0, 0.1) is 11.8 Å². The van der Waals surface area contributed by atoms with E-state index in [9.17, 15) is 9.90 Å². The zero-order chi connectivity index (χ0) is 15.9. The SMILES string of the molecule is CC(C)CC(CNCc1cn[nH]c1-c1ccccc1)C(=O)O. The second-order valence-corrected chi connectivity index (χ2v) is 5.93. The van der Waals surface area contributed by atoms with Crippen molar-refractivity contribution >= 4 is 5.97 Å². The average Bonchev–Trinajstić information content (AvgIpc) is 2.95. The van der Waals surface area contributed by atoms with Crippen molar-refractivity contribution in [1.29, 1.82) is 0 Å². The van der Waals surface area contributed by atoms with E-state index in [1.807, 2.05) is 44.2 Å². The van der Waals surface area contributed by atoms with Crippen molar-refractivity contribution in [3.63, 3.8) is 0 Å². The minimum Gasteiger partial charge on any atom is -0.481 e. The molecule has 2 rings (SSSR count). The second kappa shape index (κ2) is 7.75. The van der Waals surface area contributed by atoms with Gasteiger partial charge in [-0.1, -0.05) is 44.2 Å². The molecule has 1 unspecified atom stereocenters. The molecule has 0 aliphatic heterocycles. The molecule has 0 saturated heterocycles. The van der Waals surface area contributed by atoms with Crippen LogP contribution in [0.25, 0.3) is 11.3 Å². The van der Waals surface area contributed by atoms with Crippen LogP contribution < -0.4 is 5.32 Å². The minimum absolute atomic E-state index is 0.355. The average molecular weight is 301 g/mol. The molecule has 2 aromatic rings. The number of hydrogen-bond acceptors (Lipinski definition) is 3. The molecule has 3 N–H and O–H groups in total. The lowest BCUT2D eigenvalue weighted by molar-refractivity contribution is -0.142. The fourth-order valence-corrected chi connectivity index (χ4v) is 2.52. The third-order valence-corrected chi connectivity index (χ3v) is 3.59. The lowest BCUT2D eigenvalue weighted by atomic mass is 9.97. The molecule has 22 heavy (non-hydrogen) atoms. The molecule has 118 valence electrons.